The Morgan fingerprint density at radius 3 is 2.58 bits per heavy atom. The Balaban J connectivity index is 2.91. The van der Waals surface area contributed by atoms with Gasteiger partial charge >= 0.3 is 0 Å². The summed E-state index contributed by atoms with van der Waals surface area (Å²) in [6, 6.07) is 3.26. The second-order valence-electron chi connectivity index (χ2n) is 4.76. The number of pyridine rings is 1. The van der Waals surface area contributed by atoms with Crippen molar-refractivity contribution in [3.8, 4) is 0 Å². The lowest BCUT2D eigenvalue weighted by molar-refractivity contribution is 0.281. The van der Waals surface area contributed by atoms with E-state index in [0.29, 0.717) is 22.2 Å². The summed E-state index contributed by atoms with van der Waals surface area (Å²) in [5.41, 5.74) is 6.77. The molecule has 0 fully saturated rings. The van der Waals surface area contributed by atoms with Crippen molar-refractivity contribution in [3.63, 3.8) is 0 Å². The lowest BCUT2D eigenvalue weighted by Gasteiger charge is -2.14. The summed E-state index contributed by atoms with van der Waals surface area (Å²) in [6.45, 7) is 4.93. The number of hydrogen-bond acceptors (Lipinski definition) is 5. The van der Waals surface area contributed by atoms with Gasteiger partial charge in [0, 0.05) is 17.1 Å². The zero-order valence-electron chi connectivity index (χ0n) is 13.5. The van der Waals surface area contributed by atoms with Gasteiger partial charge in [-0.2, -0.15) is 0 Å². The van der Waals surface area contributed by atoms with Crippen LogP contribution in [0.4, 0.5) is 14.1 Å². The first kappa shape index (κ1) is 17.9. The van der Waals surface area contributed by atoms with Crippen molar-refractivity contribution in [1.82, 2.24) is 8.96 Å². The Hall–Kier alpha value is -2.48. The third-order valence-corrected chi connectivity index (χ3v) is 3.81. The second-order valence-corrected chi connectivity index (χ2v) is 5.29. The number of aromatic nitrogens is 2. The molecule has 0 aliphatic carbocycles. The monoisotopic (exact) mass is 353 g/mol. The van der Waals surface area contributed by atoms with Crippen LogP contribution in [0.1, 0.15) is 12.5 Å². The lowest BCUT2D eigenvalue weighted by Crippen LogP contribution is -2.00. The number of methoxy groups -OCH3 is 2. The molecule has 0 atom stereocenters. The van der Waals surface area contributed by atoms with Crippen LogP contribution in [-0.4, -0.2) is 23.2 Å². The van der Waals surface area contributed by atoms with Crippen molar-refractivity contribution >= 4 is 34.8 Å². The molecule has 2 rings (SSSR count). The van der Waals surface area contributed by atoms with Gasteiger partial charge in [0.15, 0.2) is 23.7 Å². The van der Waals surface area contributed by atoms with Crippen molar-refractivity contribution < 1.29 is 17.7 Å². The first-order valence-electron chi connectivity index (χ1n) is 6.86. The fourth-order valence-electron chi connectivity index (χ4n) is 2.41. The summed E-state index contributed by atoms with van der Waals surface area (Å²) < 4.78 is 39.0. The molecule has 0 bridgehead atoms. The molecule has 2 aromatic heterocycles. The first-order chi connectivity index (χ1) is 11.5. The van der Waals surface area contributed by atoms with Gasteiger partial charge in [-0.05, 0) is 25.1 Å². The Kier molecular flexibility index (Phi) is 5.50. The van der Waals surface area contributed by atoms with Gasteiger partial charge < -0.3 is 15.2 Å². The van der Waals surface area contributed by atoms with Crippen LogP contribution < -0.4 is 5.73 Å². The smallest absolute Gasteiger partial charge is 0.171 e. The summed E-state index contributed by atoms with van der Waals surface area (Å²) in [4.78, 5) is 4.13. The summed E-state index contributed by atoms with van der Waals surface area (Å²) >= 11 is -0.0414. The highest BCUT2D eigenvalue weighted by Gasteiger charge is 2.23. The number of nitrogens with zero attached hydrogens (tertiary/aromatic N) is 2. The maximum atomic E-state index is 14.0. The SMILES string of the molecule is C=C/C(OC)=C(\C(OC)=C(/C)F)c1cn(SF)c2nc(N)ccc12. The van der Waals surface area contributed by atoms with Crippen LogP contribution in [0.25, 0.3) is 16.6 Å². The van der Waals surface area contributed by atoms with E-state index in [1.165, 1.54) is 37.4 Å². The Morgan fingerprint density at radius 2 is 2.08 bits per heavy atom. The van der Waals surface area contributed by atoms with Crippen molar-refractivity contribution in [1.29, 1.82) is 0 Å². The Bertz CT molecular complexity index is 839. The molecule has 2 aromatic rings. The minimum Gasteiger partial charge on any atom is -0.496 e. The van der Waals surface area contributed by atoms with Gasteiger partial charge in [-0.25, -0.2) is 13.3 Å². The second kappa shape index (κ2) is 7.39. The van der Waals surface area contributed by atoms with Gasteiger partial charge in [0.25, 0.3) is 0 Å². The van der Waals surface area contributed by atoms with Gasteiger partial charge in [0.1, 0.15) is 17.4 Å². The quantitative estimate of drug-likeness (QED) is 0.616. The van der Waals surface area contributed by atoms with E-state index in [1.54, 1.807) is 12.1 Å². The normalized spacial score (nSPS) is 13.4. The third-order valence-electron chi connectivity index (χ3n) is 3.38. The molecule has 0 aromatic carbocycles. The van der Waals surface area contributed by atoms with Crippen LogP contribution in [0.2, 0.25) is 0 Å². The third kappa shape index (κ3) is 3.09. The predicted octanol–water partition coefficient (Wildman–Crippen LogP) is 4.39. The topological polar surface area (TPSA) is 62.3 Å². The molecule has 0 saturated carbocycles. The summed E-state index contributed by atoms with van der Waals surface area (Å²) in [7, 11) is 2.77. The molecule has 128 valence electrons. The van der Waals surface area contributed by atoms with E-state index in [2.05, 4.69) is 11.6 Å². The van der Waals surface area contributed by atoms with Crippen molar-refractivity contribution in [3.05, 3.63) is 53.9 Å². The summed E-state index contributed by atoms with van der Waals surface area (Å²) in [6.07, 6.45) is 2.90. The molecule has 0 spiro atoms. The van der Waals surface area contributed by atoms with Gasteiger partial charge in [-0.3, -0.25) is 0 Å². The molecule has 0 aliphatic rings. The van der Waals surface area contributed by atoms with E-state index in [-0.39, 0.29) is 29.7 Å². The van der Waals surface area contributed by atoms with Crippen LogP contribution in [-0.2, 0) is 9.47 Å². The average Bonchev–Trinajstić information content (AvgIpc) is 2.92. The molecule has 2 heterocycles. The molecule has 0 amide bonds. The molecule has 0 saturated heterocycles. The van der Waals surface area contributed by atoms with Crippen molar-refractivity contribution in [2.75, 3.05) is 20.0 Å². The predicted molar refractivity (Wildman–Crippen MR) is 93.2 cm³/mol. The van der Waals surface area contributed by atoms with Gasteiger partial charge in [0.05, 0.1) is 19.8 Å². The minimum absolute atomic E-state index is 0.0357. The van der Waals surface area contributed by atoms with Crippen LogP contribution >= 0.6 is 12.3 Å². The highest BCUT2D eigenvalue weighted by molar-refractivity contribution is 7.92. The zero-order valence-corrected chi connectivity index (χ0v) is 14.3. The van der Waals surface area contributed by atoms with E-state index >= 15 is 0 Å². The maximum Gasteiger partial charge on any atom is 0.171 e. The number of rotatable bonds is 6. The molecule has 0 unspecified atom stereocenters. The molecule has 0 radical (unpaired) electrons. The van der Waals surface area contributed by atoms with E-state index in [9.17, 15) is 8.28 Å². The number of halogens is 2. The number of allylic oxidation sites excluding steroid dienone is 3. The number of nitrogen functional groups attached to an aromatic ring is 1. The van der Waals surface area contributed by atoms with Crippen LogP contribution in [0.5, 0.6) is 0 Å². The van der Waals surface area contributed by atoms with Crippen LogP contribution in [0, 0.1) is 0 Å². The highest BCUT2D eigenvalue weighted by atomic mass is 32.2. The van der Waals surface area contributed by atoms with Gasteiger partial charge in [-0.15, -0.1) is 3.89 Å². The van der Waals surface area contributed by atoms with Crippen molar-refractivity contribution in [2.45, 2.75) is 6.92 Å². The maximum absolute atomic E-state index is 14.0. The van der Waals surface area contributed by atoms with Crippen LogP contribution in [0.15, 0.2) is 48.3 Å². The standard InChI is InChI=1S/C16H17F2N3O2S/c1-5-12(22-3)14(15(23-4)9(2)17)11-8-21(24-18)16-10(11)6-7-13(19)20-16/h5-8H,1H2,2-4H3,(H2,19,20)/b14-12+,15-9-. The number of fused-ring (bicyclic) bond motifs is 1. The molecule has 0 aliphatic heterocycles. The largest absolute Gasteiger partial charge is 0.496 e. The number of ether oxygens (including phenoxy) is 2. The summed E-state index contributed by atoms with van der Waals surface area (Å²) in [5.74, 6) is -0.0657. The molecule has 2 N–H and O–H groups in total. The number of hydrogen-bond donors (Lipinski definition) is 1. The molecule has 5 nitrogen and oxygen atoms in total. The molecule has 24 heavy (non-hydrogen) atoms. The molecular formula is C16H17F2N3O2S. The Labute approximate surface area is 142 Å². The fourth-order valence-corrected chi connectivity index (χ4v) is 2.76. The Morgan fingerprint density at radius 1 is 1.38 bits per heavy atom. The molecule has 8 heteroatoms. The van der Waals surface area contributed by atoms with Gasteiger partial charge in [-0.1, -0.05) is 6.58 Å². The average molecular weight is 353 g/mol. The van der Waals surface area contributed by atoms with Gasteiger partial charge in [0.2, 0.25) is 0 Å². The zero-order chi connectivity index (χ0) is 17.9. The van der Waals surface area contributed by atoms with Crippen molar-refractivity contribution in [2.24, 2.45) is 0 Å². The highest BCUT2D eigenvalue weighted by Crippen LogP contribution is 2.37. The number of anilines is 1. The number of nitrogens with two attached hydrogens (primary N) is 1. The van der Waals surface area contributed by atoms with E-state index in [0.717, 1.165) is 0 Å². The van der Waals surface area contributed by atoms with E-state index < -0.39 is 5.83 Å². The fraction of sp³-hybridized carbons (Fsp3) is 0.188. The lowest BCUT2D eigenvalue weighted by atomic mass is 10.0. The summed E-state index contributed by atoms with van der Waals surface area (Å²) in [5, 5.41) is 0.566. The molecular weight excluding hydrogens is 336 g/mol. The first-order valence-corrected chi connectivity index (χ1v) is 7.54. The van der Waals surface area contributed by atoms with E-state index in [1.807, 2.05) is 0 Å². The van der Waals surface area contributed by atoms with E-state index in [4.69, 9.17) is 15.2 Å². The minimum atomic E-state index is -0.555. The van der Waals surface area contributed by atoms with Crippen LogP contribution in [0.3, 0.4) is 0 Å².